The molecule has 0 bridgehead atoms. The van der Waals surface area contributed by atoms with E-state index in [-0.39, 0.29) is 11.5 Å². The predicted octanol–water partition coefficient (Wildman–Crippen LogP) is -0.134. The lowest BCUT2D eigenvalue weighted by Crippen LogP contribution is -2.17. The Labute approximate surface area is 47.9 Å². The second kappa shape index (κ2) is 3.04. The van der Waals surface area contributed by atoms with E-state index in [1.165, 1.54) is 6.92 Å². The fraction of sp³-hybridized carbons (Fsp3) is 0.750. The number of Topliss-reactive ketones (excluding diaryl/α,β-unsaturated/α-hetero) is 1. The van der Waals surface area contributed by atoms with Gasteiger partial charge in [-0.25, -0.2) is 0 Å². The zero-order valence-electron chi connectivity index (χ0n) is 4.09. The molecule has 1 unspecified atom stereocenters. The number of carbonyl (C=O) groups excluding carboxylic acids is 1. The molecule has 42 valence electrons. The minimum absolute atomic E-state index is 0.218. The first-order valence-electron chi connectivity index (χ1n) is 1.98. The van der Waals surface area contributed by atoms with Crippen LogP contribution in [-0.4, -0.2) is 22.7 Å². The summed E-state index contributed by atoms with van der Waals surface area (Å²) >= 11 is 3.68. The summed E-state index contributed by atoms with van der Waals surface area (Å²) in [5.41, 5.74) is 0. The smallest absolute Gasteiger partial charge is 0.159 e. The van der Waals surface area contributed by atoms with Gasteiger partial charge in [0.15, 0.2) is 5.78 Å². The van der Waals surface area contributed by atoms with Gasteiger partial charge in [0.1, 0.15) is 6.10 Å². The Morgan fingerprint density at radius 3 is 2.43 bits per heavy atom. The van der Waals surface area contributed by atoms with Gasteiger partial charge in [0.2, 0.25) is 0 Å². The fourth-order valence-electron chi connectivity index (χ4n) is 0.129. The van der Waals surface area contributed by atoms with E-state index in [0.717, 1.165) is 0 Å². The molecule has 7 heavy (non-hydrogen) atoms. The van der Waals surface area contributed by atoms with Crippen LogP contribution in [0.4, 0.5) is 0 Å². The summed E-state index contributed by atoms with van der Waals surface area (Å²) in [6, 6.07) is 0. The maximum atomic E-state index is 10.1. The van der Waals surface area contributed by atoms with Gasteiger partial charge in [-0.2, -0.15) is 12.6 Å². The Morgan fingerprint density at radius 2 is 2.43 bits per heavy atom. The molecule has 0 fully saturated rings. The van der Waals surface area contributed by atoms with E-state index in [4.69, 9.17) is 5.11 Å². The topological polar surface area (TPSA) is 37.3 Å². The third kappa shape index (κ3) is 2.65. The summed E-state index contributed by atoms with van der Waals surface area (Å²) in [6.45, 7) is 1.33. The number of hydrogen-bond donors (Lipinski definition) is 2. The molecule has 0 aromatic rings. The molecule has 0 aromatic carbocycles. The number of thiol groups is 1. The number of rotatable bonds is 2. The Morgan fingerprint density at radius 1 is 2.00 bits per heavy atom. The Balaban J connectivity index is 3.34. The monoisotopic (exact) mass is 120 g/mol. The molecule has 0 amide bonds. The van der Waals surface area contributed by atoms with Crippen LogP contribution in [0.1, 0.15) is 6.92 Å². The summed E-state index contributed by atoms with van der Waals surface area (Å²) in [7, 11) is 0. The molecule has 0 aliphatic rings. The second-order valence-electron chi connectivity index (χ2n) is 1.31. The van der Waals surface area contributed by atoms with Gasteiger partial charge in [-0.3, -0.25) is 4.79 Å². The van der Waals surface area contributed by atoms with Crippen LogP contribution in [0.25, 0.3) is 0 Å². The van der Waals surface area contributed by atoms with Crippen molar-refractivity contribution in [2.45, 2.75) is 13.0 Å². The van der Waals surface area contributed by atoms with Crippen LogP contribution < -0.4 is 0 Å². The second-order valence-corrected chi connectivity index (χ2v) is 1.67. The van der Waals surface area contributed by atoms with Crippen LogP contribution in [0.15, 0.2) is 0 Å². The summed E-state index contributed by atoms with van der Waals surface area (Å²) in [5, 5.41) is 8.51. The van der Waals surface area contributed by atoms with Gasteiger partial charge in [-0.1, -0.05) is 0 Å². The van der Waals surface area contributed by atoms with Crippen molar-refractivity contribution in [3.8, 4) is 0 Å². The van der Waals surface area contributed by atoms with Crippen molar-refractivity contribution in [2.75, 3.05) is 5.75 Å². The summed E-state index contributed by atoms with van der Waals surface area (Å²) < 4.78 is 0. The first-order chi connectivity index (χ1) is 3.18. The minimum atomic E-state index is -0.872. The van der Waals surface area contributed by atoms with Crippen LogP contribution in [0.5, 0.6) is 0 Å². The molecule has 0 saturated carbocycles. The van der Waals surface area contributed by atoms with Crippen LogP contribution in [-0.2, 0) is 4.79 Å². The zero-order valence-corrected chi connectivity index (χ0v) is 4.98. The molecule has 0 saturated heterocycles. The highest BCUT2D eigenvalue weighted by Gasteiger charge is 2.04. The summed E-state index contributed by atoms with van der Waals surface area (Å²) in [5.74, 6) is -0.00926. The van der Waals surface area contributed by atoms with Crippen molar-refractivity contribution in [1.82, 2.24) is 0 Å². The van der Waals surface area contributed by atoms with E-state index in [0.29, 0.717) is 0 Å². The zero-order chi connectivity index (χ0) is 5.86. The van der Waals surface area contributed by atoms with E-state index in [1.54, 1.807) is 0 Å². The molecule has 1 N–H and O–H groups in total. The van der Waals surface area contributed by atoms with E-state index in [9.17, 15) is 4.79 Å². The van der Waals surface area contributed by atoms with Gasteiger partial charge in [-0.05, 0) is 6.92 Å². The highest BCUT2D eigenvalue weighted by molar-refractivity contribution is 7.80. The maximum absolute atomic E-state index is 10.1. The van der Waals surface area contributed by atoms with E-state index in [2.05, 4.69) is 12.6 Å². The highest BCUT2D eigenvalue weighted by Crippen LogP contribution is 1.85. The predicted molar refractivity (Wildman–Crippen MR) is 30.5 cm³/mol. The Bertz CT molecular complexity index is 72.1. The van der Waals surface area contributed by atoms with E-state index >= 15 is 0 Å². The summed E-state index contributed by atoms with van der Waals surface area (Å²) in [6.07, 6.45) is -0.872. The van der Waals surface area contributed by atoms with E-state index in [1.807, 2.05) is 0 Å². The van der Waals surface area contributed by atoms with E-state index < -0.39 is 6.10 Å². The molecule has 0 aliphatic carbocycles. The largest absolute Gasteiger partial charge is 0.384 e. The van der Waals surface area contributed by atoms with Gasteiger partial charge >= 0.3 is 0 Å². The van der Waals surface area contributed by atoms with Crippen molar-refractivity contribution >= 4 is 18.4 Å². The third-order valence-corrected chi connectivity index (χ3v) is 0.988. The molecule has 2 nitrogen and oxygen atoms in total. The number of aliphatic hydroxyl groups is 1. The first kappa shape index (κ1) is 6.98. The van der Waals surface area contributed by atoms with Crippen molar-refractivity contribution in [2.24, 2.45) is 0 Å². The van der Waals surface area contributed by atoms with Gasteiger partial charge in [0.25, 0.3) is 0 Å². The van der Waals surface area contributed by atoms with Crippen LogP contribution in [0.2, 0.25) is 0 Å². The molecular formula is C4H8O2S. The lowest BCUT2D eigenvalue weighted by Gasteiger charge is -1.97. The van der Waals surface area contributed by atoms with Crippen molar-refractivity contribution in [3.05, 3.63) is 0 Å². The van der Waals surface area contributed by atoms with Crippen molar-refractivity contribution in [1.29, 1.82) is 0 Å². The molecule has 3 heteroatoms. The molecule has 0 rings (SSSR count). The van der Waals surface area contributed by atoms with Crippen molar-refractivity contribution in [3.63, 3.8) is 0 Å². The molecule has 0 aliphatic heterocycles. The van der Waals surface area contributed by atoms with Crippen LogP contribution >= 0.6 is 12.6 Å². The van der Waals surface area contributed by atoms with Gasteiger partial charge in [0, 0.05) is 5.75 Å². The molecule has 0 spiro atoms. The SMILES string of the molecule is CC(=O)C(O)CS. The van der Waals surface area contributed by atoms with Gasteiger partial charge in [-0.15, -0.1) is 0 Å². The highest BCUT2D eigenvalue weighted by atomic mass is 32.1. The Hall–Kier alpha value is -0.0200. The lowest BCUT2D eigenvalue weighted by atomic mass is 10.3. The van der Waals surface area contributed by atoms with Gasteiger partial charge < -0.3 is 5.11 Å². The maximum Gasteiger partial charge on any atom is 0.159 e. The number of hydrogen-bond acceptors (Lipinski definition) is 3. The molecule has 1 atom stereocenters. The fourth-order valence-corrected chi connectivity index (χ4v) is 0.386. The number of ketones is 1. The van der Waals surface area contributed by atoms with Gasteiger partial charge in [0.05, 0.1) is 0 Å². The Kier molecular flexibility index (Phi) is 3.04. The normalized spacial score (nSPS) is 13.6. The molecule has 0 aromatic heterocycles. The average molecular weight is 120 g/mol. The first-order valence-corrected chi connectivity index (χ1v) is 2.61. The minimum Gasteiger partial charge on any atom is -0.384 e. The van der Waals surface area contributed by atoms with Crippen molar-refractivity contribution < 1.29 is 9.90 Å². The standard InChI is InChI=1S/C4H8O2S/c1-3(5)4(6)2-7/h4,6-7H,2H2,1H3. The average Bonchev–Trinajstić information content (AvgIpc) is 1.65. The molecule has 0 radical (unpaired) electrons. The molecule has 0 heterocycles. The summed E-state index contributed by atoms with van der Waals surface area (Å²) in [4.78, 5) is 10.1. The number of carbonyl (C=O) groups is 1. The third-order valence-electron chi connectivity index (χ3n) is 0.642. The van der Waals surface area contributed by atoms with Crippen LogP contribution in [0.3, 0.4) is 0 Å². The lowest BCUT2D eigenvalue weighted by molar-refractivity contribution is -0.123. The quantitative estimate of drug-likeness (QED) is 0.498. The van der Waals surface area contributed by atoms with Crippen LogP contribution in [0, 0.1) is 0 Å². The number of aliphatic hydroxyl groups excluding tert-OH is 1. The molecular weight excluding hydrogens is 112 g/mol.